The Balaban J connectivity index is 1.64. The number of nitrogens with zero attached hydrogens (tertiary/aromatic N) is 2. The summed E-state index contributed by atoms with van der Waals surface area (Å²) in [5.74, 6) is 1.50. The van der Waals surface area contributed by atoms with Crippen LogP contribution in [0.1, 0.15) is 67.7 Å². The highest BCUT2D eigenvalue weighted by Gasteiger charge is 2.28. The van der Waals surface area contributed by atoms with E-state index in [1.807, 2.05) is 29.8 Å². The van der Waals surface area contributed by atoms with E-state index in [0.717, 1.165) is 41.2 Å². The van der Waals surface area contributed by atoms with Crippen molar-refractivity contribution in [2.75, 3.05) is 6.54 Å². The number of pyridine rings is 1. The molecule has 6 heteroatoms. The fourth-order valence-corrected chi connectivity index (χ4v) is 6.58. The first kappa shape index (κ1) is 20.6. The molecule has 4 rings (SSSR count). The number of thiophene rings is 1. The predicted molar refractivity (Wildman–Crippen MR) is 123 cm³/mol. The number of hydrogen-bond donors (Lipinski definition) is 1. The smallest absolute Gasteiger partial charge is 0.138 e. The molecule has 3 aromatic rings. The minimum atomic E-state index is 0.358. The van der Waals surface area contributed by atoms with Crippen molar-refractivity contribution in [3.8, 4) is 10.6 Å². The van der Waals surface area contributed by atoms with Crippen LogP contribution in [0.5, 0.6) is 0 Å². The van der Waals surface area contributed by atoms with Crippen molar-refractivity contribution in [1.29, 1.82) is 0 Å². The van der Waals surface area contributed by atoms with E-state index in [4.69, 9.17) is 4.98 Å². The molecule has 0 aliphatic carbocycles. The van der Waals surface area contributed by atoms with Gasteiger partial charge in [-0.05, 0) is 29.9 Å². The van der Waals surface area contributed by atoms with Gasteiger partial charge in [-0.25, -0.2) is 4.98 Å². The topological polar surface area (TPSA) is 54.9 Å². The molecule has 2 atom stereocenters. The zero-order chi connectivity index (χ0) is 20.4. The number of carbonyl (C=O) groups excluding carboxylic acids is 1. The Morgan fingerprint density at radius 1 is 1.38 bits per heavy atom. The molecule has 154 valence electrons. The van der Waals surface area contributed by atoms with Crippen LogP contribution in [0.3, 0.4) is 0 Å². The van der Waals surface area contributed by atoms with E-state index in [-0.39, 0.29) is 0 Å². The maximum atomic E-state index is 12.8. The van der Waals surface area contributed by atoms with Gasteiger partial charge in [0.15, 0.2) is 0 Å². The van der Waals surface area contributed by atoms with Crippen LogP contribution in [-0.4, -0.2) is 22.3 Å². The molecule has 1 aliphatic heterocycles. The van der Waals surface area contributed by atoms with Gasteiger partial charge in [0.05, 0.1) is 10.9 Å². The molecule has 4 nitrogen and oxygen atoms in total. The molecule has 0 fully saturated rings. The highest BCUT2D eigenvalue weighted by atomic mass is 32.1. The van der Waals surface area contributed by atoms with E-state index in [1.54, 1.807) is 11.3 Å². The van der Waals surface area contributed by atoms with Crippen molar-refractivity contribution in [3.63, 3.8) is 0 Å². The quantitative estimate of drug-likeness (QED) is 0.482. The van der Waals surface area contributed by atoms with E-state index in [1.165, 1.54) is 27.3 Å². The van der Waals surface area contributed by atoms with Crippen LogP contribution in [-0.2, 0) is 17.8 Å². The number of aromatic nitrogens is 2. The number of hydrogen-bond acceptors (Lipinski definition) is 6. The average molecular weight is 428 g/mol. The van der Waals surface area contributed by atoms with Crippen molar-refractivity contribution in [3.05, 3.63) is 33.8 Å². The lowest BCUT2D eigenvalue weighted by molar-refractivity contribution is -0.118. The Bertz CT molecular complexity index is 974. The van der Waals surface area contributed by atoms with Crippen molar-refractivity contribution < 1.29 is 4.79 Å². The largest absolute Gasteiger partial charge is 0.311 e. The molecule has 0 saturated carbocycles. The summed E-state index contributed by atoms with van der Waals surface area (Å²) in [6.07, 6.45) is 8.20. The normalized spacial score (nSPS) is 17.4. The van der Waals surface area contributed by atoms with Crippen LogP contribution in [0, 0.1) is 5.92 Å². The fourth-order valence-electron chi connectivity index (χ4n) is 4.07. The molecule has 1 N–H and O–H groups in total. The fraction of sp³-hybridized carbons (Fsp3) is 0.522. The third-order valence-electron chi connectivity index (χ3n) is 5.93. The first-order valence-electron chi connectivity index (χ1n) is 10.6. The van der Waals surface area contributed by atoms with Crippen molar-refractivity contribution >= 4 is 38.7 Å². The highest BCUT2D eigenvalue weighted by Crippen LogP contribution is 2.44. The van der Waals surface area contributed by atoms with Gasteiger partial charge in [-0.1, -0.05) is 33.6 Å². The summed E-state index contributed by atoms with van der Waals surface area (Å²) in [5, 5.41) is 4.56. The minimum Gasteiger partial charge on any atom is -0.311 e. The zero-order valence-electron chi connectivity index (χ0n) is 17.5. The standard InChI is InChI=1S/C23H29N3OS2/c1-4-14(2)6-5-7-16(27)10-19-22(21-15(3)11-25-13-20(21)28-19)23-26-17-12-24-9-8-18(17)29-23/h8-9,12,14-15,25H,4-7,10-11,13H2,1-3H3/t14-,15+/m0/s1. The second-order valence-electron chi connectivity index (χ2n) is 8.25. The van der Waals surface area contributed by atoms with Crippen molar-refractivity contribution in [1.82, 2.24) is 15.3 Å². The number of Topliss-reactive ketones (excluding diaryl/α,β-unsaturated/α-hetero) is 1. The predicted octanol–water partition coefficient (Wildman–Crippen LogP) is 5.95. The summed E-state index contributed by atoms with van der Waals surface area (Å²) in [6.45, 7) is 8.63. The molecule has 0 amide bonds. The number of fused-ring (bicyclic) bond motifs is 2. The maximum Gasteiger partial charge on any atom is 0.138 e. The Morgan fingerprint density at radius 2 is 2.24 bits per heavy atom. The van der Waals surface area contributed by atoms with Crippen LogP contribution in [0.4, 0.5) is 0 Å². The number of nitrogens with one attached hydrogen (secondary N) is 1. The second kappa shape index (κ2) is 9.02. The Morgan fingerprint density at radius 3 is 3.03 bits per heavy atom. The average Bonchev–Trinajstić information content (AvgIpc) is 3.29. The van der Waals surface area contributed by atoms with Gasteiger partial charge in [0.25, 0.3) is 0 Å². The Hall–Kier alpha value is -1.63. The molecular weight excluding hydrogens is 398 g/mol. The molecule has 3 aromatic heterocycles. The van der Waals surface area contributed by atoms with Gasteiger partial charge in [-0.3, -0.25) is 9.78 Å². The van der Waals surface area contributed by atoms with Crippen molar-refractivity contribution in [2.24, 2.45) is 5.92 Å². The Kier molecular flexibility index (Phi) is 6.42. The first-order valence-corrected chi connectivity index (χ1v) is 12.3. The lowest BCUT2D eigenvalue weighted by Crippen LogP contribution is -2.25. The molecule has 4 heterocycles. The summed E-state index contributed by atoms with van der Waals surface area (Å²) >= 11 is 3.53. The number of ketones is 1. The molecule has 0 radical (unpaired) electrons. The highest BCUT2D eigenvalue weighted by molar-refractivity contribution is 7.22. The number of thiazole rings is 1. The minimum absolute atomic E-state index is 0.358. The number of carbonyl (C=O) groups is 1. The van der Waals surface area contributed by atoms with Crippen LogP contribution in [0.15, 0.2) is 18.5 Å². The molecule has 0 bridgehead atoms. The second-order valence-corrected chi connectivity index (χ2v) is 10.5. The summed E-state index contributed by atoms with van der Waals surface area (Å²) in [4.78, 5) is 24.5. The number of rotatable bonds is 8. The molecule has 1 aliphatic rings. The van der Waals surface area contributed by atoms with Gasteiger partial charge in [-0.15, -0.1) is 22.7 Å². The third kappa shape index (κ3) is 4.44. The van der Waals surface area contributed by atoms with Crippen LogP contribution < -0.4 is 5.32 Å². The van der Waals surface area contributed by atoms with Gasteiger partial charge < -0.3 is 5.32 Å². The van der Waals surface area contributed by atoms with Gasteiger partial charge in [-0.2, -0.15) is 0 Å². The maximum absolute atomic E-state index is 12.8. The zero-order valence-corrected chi connectivity index (χ0v) is 19.1. The Labute approximate surface area is 180 Å². The monoisotopic (exact) mass is 427 g/mol. The van der Waals surface area contributed by atoms with Crippen LogP contribution in [0.2, 0.25) is 0 Å². The lowest BCUT2D eigenvalue weighted by Gasteiger charge is -2.21. The summed E-state index contributed by atoms with van der Waals surface area (Å²) in [6, 6.07) is 2.03. The van der Waals surface area contributed by atoms with E-state index >= 15 is 0 Å². The van der Waals surface area contributed by atoms with Gasteiger partial charge >= 0.3 is 0 Å². The molecule has 0 unspecified atom stereocenters. The molecule has 0 saturated heterocycles. The SMILES string of the molecule is CC[C@H](C)CCCC(=O)Cc1sc2c(c1-c1nc3cnccc3s1)[C@H](C)CNC2. The van der Waals surface area contributed by atoms with E-state index in [0.29, 0.717) is 30.5 Å². The summed E-state index contributed by atoms with van der Waals surface area (Å²) in [7, 11) is 0. The molecular formula is C23H29N3OS2. The third-order valence-corrected chi connectivity index (χ3v) is 8.19. The lowest BCUT2D eigenvalue weighted by atomic mass is 9.92. The van der Waals surface area contributed by atoms with E-state index < -0.39 is 0 Å². The van der Waals surface area contributed by atoms with Gasteiger partial charge in [0.2, 0.25) is 0 Å². The van der Waals surface area contributed by atoms with E-state index in [9.17, 15) is 4.79 Å². The first-order chi connectivity index (χ1) is 14.1. The van der Waals surface area contributed by atoms with Crippen LogP contribution in [0.25, 0.3) is 20.8 Å². The van der Waals surface area contributed by atoms with Crippen molar-refractivity contribution in [2.45, 2.75) is 65.3 Å². The van der Waals surface area contributed by atoms with Crippen LogP contribution >= 0.6 is 22.7 Å². The van der Waals surface area contributed by atoms with E-state index in [2.05, 4.69) is 31.1 Å². The summed E-state index contributed by atoms with van der Waals surface area (Å²) in [5.41, 5.74) is 3.58. The molecule has 29 heavy (non-hydrogen) atoms. The molecule has 0 spiro atoms. The van der Waals surface area contributed by atoms with Gasteiger partial charge in [0, 0.05) is 47.4 Å². The summed E-state index contributed by atoms with van der Waals surface area (Å²) < 4.78 is 1.15. The molecule has 0 aromatic carbocycles. The van der Waals surface area contributed by atoms with Gasteiger partial charge in [0.1, 0.15) is 16.3 Å².